The van der Waals surface area contributed by atoms with E-state index in [0.717, 1.165) is 34.1 Å². The number of anilines is 1. The molecule has 5 aromatic rings. The monoisotopic (exact) mass is 488 g/mol. The van der Waals surface area contributed by atoms with Crippen LogP contribution in [0.2, 0.25) is 0 Å². The maximum absolute atomic E-state index is 14.4. The third-order valence-electron chi connectivity index (χ3n) is 6.35. The zero-order valence-electron chi connectivity index (χ0n) is 20.2. The SMILES string of the molecule is O=[S+](Cc1ccc(N(Cc2ccccc2)Cc2ccccc2)cc1)(c1ccccc1)c1ccccc1. The molecule has 178 valence electrons. The number of benzene rings is 5. The van der Waals surface area contributed by atoms with Gasteiger partial charge in [-0.3, -0.25) is 0 Å². The summed E-state index contributed by atoms with van der Waals surface area (Å²) in [5.74, 6) is 0.471. The average molecular weight is 489 g/mol. The Morgan fingerprint density at radius 1 is 0.444 bits per heavy atom. The Bertz CT molecular complexity index is 1320. The van der Waals surface area contributed by atoms with Gasteiger partial charge < -0.3 is 4.90 Å². The molecule has 36 heavy (non-hydrogen) atoms. The van der Waals surface area contributed by atoms with Crippen LogP contribution in [0.4, 0.5) is 5.69 Å². The van der Waals surface area contributed by atoms with Crippen LogP contribution < -0.4 is 4.90 Å². The van der Waals surface area contributed by atoms with Crippen molar-refractivity contribution in [2.24, 2.45) is 0 Å². The topological polar surface area (TPSA) is 20.3 Å². The van der Waals surface area contributed by atoms with Crippen LogP contribution in [0.25, 0.3) is 0 Å². The van der Waals surface area contributed by atoms with Crippen molar-refractivity contribution in [2.75, 3.05) is 4.90 Å². The van der Waals surface area contributed by atoms with Crippen molar-refractivity contribution >= 4 is 15.6 Å². The molecule has 0 amide bonds. The molecule has 0 unspecified atom stereocenters. The standard InChI is InChI=1S/C33H30NOS/c35-36(32-17-9-3-10-18-32,33-19-11-4-12-20-33)27-30-21-23-31(24-22-30)34(25-28-13-5-1-6-14-28)26-29-15-7-2-8-16-29/h1-24H,25-27H2/q+1. The van der Waals surface area contributed by atoms with Crippen molar-refractivity contribution in [1.29, 1.82) is 0 Å². The van der Waals surface area contributed by atoms with Crippen molar-refractivity contribution in [3.05, 3.63) is 162 Å². The Labute approximate surface area is 215 Å². The molecule has 2 nitrogen and oxygen atoms in total. The summed E-state index contributed by atoms with van der Waals surface area (Å²) in [6, 6.07) is 49.4. The summed E-state index contributed by atoms with van der Waals surface area (Å²) >= 11 is 0. The van der Waals surface area contributed by atoms with Gasteiger partial charge in [-0.15, -0.1) is 0 Å². The molecule has 0 heterocycles. The lowest BCUT2D eigenvalue weighted by molar-refractivity contribution is 0.583. The van der Waals surface area contributed by atoms with E-state index < -0.39 is 9.93 Å². The lowest BCUT2D eigenvalue weighted by Crippen LogP contribution is -2.22. The first-order chi connectivity index (χ1) is 17.7. The Morgan fingerprint density at radius 2 is 0.833 bits per heavy atom. The Kier molecular flexibility index (Phi) is 7.39. The largest absolute Gasteiger partial charge is 0.363 e. The maximum atomic E-state index is 14.4. The summed E-state index contributed by atoms with van der Waals surface area (Å²) < 4.78 is 14.4. The van der Waals surface area contributed by atoms with Crippen molar-refractivity contribution in [2.45, 2.75) is 28.6 Å². The minimum absolute atomic E-state index is 0.471. The van der Waals surface area contributed by atoms with Gasteiger partial charge in [-0.25, -0.2) is 0 Å². The molecule has 3 heteroatoms. The molecular weight excluding hydrogens is 458 g/mol. The van der Waals surface area contributed by atoms with Crippen LogP contribution in [0, 0.1) is 0 Å². The van der Waals surface area contributed by atoms with Crippen molar-refractivity contribution < 1.29 is 4.21 Å². The zero-order chi connectivity index (χ0) is 24.6. The molecule has 0 spiro atoms. The predicted molar refractivity (Wildman–Crippen MR) is 150 cm³/mol. The molecule has 5 rings (SSSR count). The van der Waals surface area contributed by atoms with Crippen LogP contribution in [-0.2, 0) is 33.0 Å². The summed E-state index contributed by atoms with van der Waals surface area (Å²) in [7, 11) is -2.44. The second-order valence-electron chi connectivity index (χ2n) is 8.94. The molecule has 0 aliphatic heterocycles. The fourth-order valence-corrected chi connectivity index (χ4v) is 6.93. The molecule has 0 saturated carbocycles. The van der Waals surface area contributed by atoms with Crippen molar-refractivity contribution in [3.63, 3.8) is 0 Å². The predicted octanol–water partition coefficient (Wildman–Crippen LogP) is 8.01. The van der Waals surface area contributed by atoms with E-state index >= 15 is 0 Å². The highest BCUT2D eigenvalue weighted by Crippen LogP contribution is 2.33. The van der Waals surface area contributed by atoms with Gasteiger partial charge in [0.1, 0.15) is 5.75 Å². The summed E-state index contributed by atoms with van der Waals surface area (Å²) in [5, 5.41) is 0. The number of hydrogen-bond donors (Lipinski definition) is 0. The first-order valence-electron chi connectivity index (χ1n) is 12.2. The minimum atomic E-state index is -2.44. The molecule has 0 atom stereocenters. The highest BCUT2D eigenvalue weighted by molar-refractivity contribution is 8.02. The van der Waals surface area contributed by atoms with Crippen molar-refractivity contribution in [1.82, 2.24) is 0 Å². The zero-order valence-corrected chi connectivity index (χ0v) is 21.1. The molecule has 0 radical (unpaired) electrons. The third-order valence-corrected chi connectivity index (χ3v) is 9.16. The molecule has 0 N–H and O–H groups in total. The molecular formula is C33H30NOS+. The summed E-state index contributed by atoms with van der Waals surface area (Å²) in [5.41, 5.74) is 4.76. The van der Waals surface area contributed by atoms with E-state index in [1.807, 2.05) is 60.7 Å². The fraction of sp³-hybridized carbons (Fsp3) is 0.0909. The fourth-order valence-electron chi connectivity index (χ4n) is 4.47. The first-order valence-corrected chi connectivity index (χ1v) is 14.0. The third kappa shape index (κ3) is 5.64. The molecule has 0 aliphatic rings. The molecule has 0 aromatic heterocycles. The van der Waals surface area contributed by atoms with Crippen LogP contribution in [0.3, 0.4) is 0 Å². The first kappa shape index (κ1) is 23.8. The van der Waals surface area contributed by atoms with Gasteiger partial charge in [-0.05, 0) is 47.5 Å². The Morgan fingerprint density at radius 3 is 1.25 bits per heavy atom. The lowest BCUT2D eigenvalue weighted by atomic mass is 10.1. The number of hydrogen-bond acceptors (Lipinski definition) is 2. The Balaban J connectivity index is 1.43. The van der Waals surface area contributed by atoms with Gasteiger partial charge in [-0.1, -0.05) is 113 Å². The molecule has 0 aliphatic carbocycles. The second-order valence-corrected chi connectivity index (χ2v) is 11.5. The highest BCUT2D eigenvalue weighted by Gasteiger charge is 2.34. The van der Waals surface area contributed by atoms with Crippen LogP contribution in [-0.4, -0.2) is 0 Å². The van der Waals surface area contributed by atoms with Gasteiger partial charge in [0.2, 0.25) is 0 Å². The van der Waals surface area contributed by atoms with E-state index in [1.54, 1.807) is 0 Å². The van der Waals surface area contributed by atoms with Crippen LogP contribution >= 0.6 is 0 Å². The molecule has 0 bridgehead atoms. The van der Waals surface area contributed by atoms with Crippen LogP contribution in [0.15, 0.2) is 155 Å². The van der Waals surface area contributed by atoms with Gasteiger partial charge in [0.25, 0.3) is 0 Å². The quantitative estimate of drug-likeness (QED) is 0.196. The van der Waals surface area contributed by atoms with Crippen LogP contribution in [0.5, 0.6) is 0 Å². The van der Waals surface area contributed by atoms with Gasteiger partial charge in [0, 0.05) is 24.3 Å². The van der Waals surface area contributed by atoms with Crippen molar-refractivity contribution in [3.8, 4) is 0 Å². The summed E-state index contributed by atoms with van der Waals surface area (Å²) in [4.78, 5) is 4.13. The van der Waals surface area contributed by atoms with Crippen LogP contribution in [0.1, 0.15) is 16.7 Å². The van der Waals surface area contributed by atoms with E-state index in [2.05, 4.69) is 89.8 Å². The van der Waals surface area contributed by atoms with Gasteiger partial charge in [0.15, 0.2) is 19.7 Å². The maximum Gasteiger partial charge on any atom is 0.163 e. The Hall–Kier alpha value is -3.95. The summed E-state index contributed by atoms with van der Waals surface area (Å²) in [6.07, 6.45) is 0. The highest BCUT2D eigenvalue weighted by atomic mass is 32.2. The number of rotatable bonds is 9. The van der Waals surface area contributed by atoms with E-state index in [4.69, 9.17) is 0 Å². The van der Waals surface area contributed by atoms with Gasteiger partial charge >= 0.3 is 0 Å². The minimum Gasteiger partial charge on any atom is -0.363 e. The normalized spacial score (nSPS) is 11.2. The summed E-state index contributed by atoms with van der Waals surface area (Å²) in [6.45, 7) is 1.64. The van der Waals surface area contributed by atoms with E-state index in [1.165, 1.54) is 11.1 Å². The van der Waals surface area contributed by atoms with Gasteiger partial charge in [-0.2, -0.15) is 0 Å². The molecule has 5 aromatic carbocycles. The average Bonchev–Trinajstić information content (AvgIpc) is 2.95. The number of nitrogens with zero attached hydrogens (tertiary/aromatic N) is 1. The molecule has 0 fully saturated rings. The van der Waals surface area contributed by atoms with E-state index in [9.17, 15) is 4.21 Å². The van der Waals surface area contributed by atoms with Gasteiger partial charge in [0.05, 0.1) is 0 Å². The lowest BCUT2D eigenvalue weighted by Gasteiger charge is -2.25. The smallest absolute Gasteiger partial charge is 0.163 e. The second kappa shape index (κ2) is 11.2. The van der Waals surface area contributed by atoms with E-state index in [0.29, 0.717) is 5.75 Å². The molecule has 0 saturated heterocycles. The van der Waals surface area contributed by atoms with E-state index in [-0.39, 0.29) is 0 Å².